The van der Waals surface area contributed by atoms with Gasteiger partial charge in [0.1, 0.15) is 30.3 Å². The lowest BCUT2D eigenvalue weighted by Gasteiger charge is -2.25. The number of aliphatic hydroxyl groups is 1. The number of aromatic nitrogens is 2. The molecule has 3 aromatic rings. The average molecular weight is 643 g/mol. The standard InChI is InChI=1S/C31H35N2O11P/c1-3-40-28(37)22-11-7-8-12-23(22)44-45(39,19-20(2)27(36)41-17-21-9-5-4-6-10-21)42-18-24-26(35)31(14-15-31)29(43-24)33-16-13-25(34)32-30(33)38/h4-13,16,20,24,26,29,35H,3,14-15,17-19H2,1-2H3,(H,32,34,38)/t20-,24-,26-,29-,45?/m1/s1. The molecule has 1 saturated heterocycles. The molecule has 1 aliphatic heterocycles. The minimum atomic E-state index is -4.26. The number of benzene rings is 2. The molecule has 0 radical (unpaired) electrons. The molecule has 14 heteroatoms. The Kier molecular flexibility index (Phi) is 9.73. The molecule has 0 amide bonds. The molecule has 45 heavy (non-hydrogen) atoms. The van der Waals surface area contributed by atoms with E-state index in [1.54, 1.807) is 31.2 Å². The van der Waals surface area contributed by atoms with Crippen LogP contribution in [-0.4, -0.2) is 58.2 Å². The lowest BCUT2D eigenvalue weighted by Crippen LogP contribution is -2.35. The molecular weight excluding hydrogens is 607 g/mol. The Morgan fingerprint density at radius 3 is 2.49 bits per heavy atom. The molecule has 2 aliphatic rings. The van der Waals surface area contributed by atoms with Crippen LogP contribution in [-0.2, 0) is 34.7 Å². The summed E-state index contributed by atoms with van der Waals surface area (Å²) < 4.78 is 43.9. The van der Waals surface area contributed by atoms with E-state index in [0.29, 0.717) is 12.8 Å². The van der Waals surface area contributed by atoms with Gasteiger partial charge < -0.3 is 23.8 Å². The SMILES string of the molecule is CCOC(=O)c1ccccc1OP(=O)(C[C@@H](C)C(=O)OCc1ccccc1)OC[C@H]1O[C@@H](n2ccc(=O)[nH]c2=O)C2(CC2)[C@@H]1O. The molecule has 5 atom stereocenters. The molecular formula is C31H35N2O11P. The lowest BCUT2D eigenvalue weighted by atomic mass is 9.96. The molecule has 2 aromatic carbocycles. The Morgan fingerprint density at radius 1 is 1.09 bits per heavy atom. The summed E-state index contributed by atoms with van der Waals surface area (Å²) in [6.07, 6.45) is -1.07. The summed E-state index contributed by atoms with van der Waals surface area (Å²) in [4.78, 5) is 51.8. The smallest absolute Gasteiger partial charge is 0.380 e. The van der Waals surface area contributed by atoms with E-state index >= 15 is 0 Å². The van der Waals surface area contributed by atoms with Gasteiger partial charge in [0.2, 0.25) is 0 Å². The van der Waals surface area contributed by atoms with E-state index < -0.39 is 73.3 Å². The lowest BCUT2D eigenvalue weighted by molar-refractivity contribution is -0.148. The summed E-state index contributed by atoms with van der Waals surface area (Å²) in [5.41, 5.74) is -1.28. The Labute approximate surface area is 258 Å². The molecule has 1 unspecified atom stereocenters. The molecule has 2 N–H and O–H groups in total. The quantitative estimate of drug-likeness (QED) is 0.207. The van der Waals surface area contributed by atoms with Crippen LogP contribution in [0.3, 0.4) is 0 Å². The van der Waals surface area contributed by atoms with Gasteiger partial charge in [-0.1, -0.05) is 49.4 Å². The number of esters is 2. The topological polar surface area (TPSA) is 172 Å². The van der Waals surface area contributed by atoms with Crippen LogP contribution >= 0.6 is 7.60 Å². The number of ether oxygens (including phenoxy) is 3. The highest BCUT2D eigenvalue weighted by Crippen LogP contribution is 2.62. The van der Waals surface area contributed by atoms with Crippen LogP contribution in [0.2, 0.25) is 0 Å². The molecule has 5 rings (SSSR count). The maximum atomic E-state index is 14.4. The number of nitrogens with zero attached hydrogens (tertiary/aromatic N) is 1. The molecule has 13 nitrogen and oxygen atoms in total. The maximum absolute atomic E-state index is 14.4. The van der Waals surface area contributed by atoms with Gasteiger partial charge in [-0.3, -0.25) is 23.7 Å². The highest BCUT2D eigenvalue weighted by molar-refractivity contribution is 7.54. The first kappa shape index (κ1) is 32.4. The zero-order valence-electron chi connectivity index (χ0n) is 24.8. The van der Waals surface area contributed by atoms with Gasteiger partial charge in [0.15, 0.2) is 0 Å². The van der Waals surface area contributed by atoms with E-state index in [0.717, 1.165) is 5.56 Å². The van der Waals surface area contributed by atoms with E-state index in [1.807, 2.05) is 18.2 Å². The Hall–Kier alpha value is -4.03. The van der Waals surface area contributed by atoms with Crippen molar-refractivity contribution in [3.63, 3.8) is 0 Å². The summed E-state index contributed by atoms with van der Waals surface area (Å²) in [5, 5.41) is 11.2. The largest absolute Gasteiger partial charge is 0.462 e. The van der Waals surface area contributed by atoms with E-state index in [1.165, 1.54) is 35.9 Å². The number of nitrogens with one attached hydrogen (secondary N) is 1. The monoisotopic (exact) mass is 642 g/mol. The predicted octanol–water partition coefficient (Wildman–Crippen LogP) is 3.42. The van der Waals surface area contributed by atoms with Gasteiger partial charge in [0, 0.05) is 17.7 Å². The van der Waals surface area contributed by atoms with Crippen LogP contribution in [0.1, 0.15) is 48.8 Å². The van der Waals surface area contributed by atoms with Crippen LogP contribution in [0.15, 0.2) is 76.4 Å². The third-order valence-electron chi connectivity index (χ3n) is 7.85. The maximum Gasteiger partial charge on any atom is 0.380 e. The van der Waals surface area contributed by atoms with Gasteiger partial charge in [-0.15, -0.1) is 0 Å². The van der Waals surface area contributed by atoms with Gasteiger partial charge in [-0.25, -0.2) is 14.2 Å². The minimum Gasteiger partial charge on any atom is -0.462 e. The molecule has 0 bridgehead atoms. The first-order valence-corrected chi connectivity index (χ1v) is 16.3. The number of para-hydroxylation sites is 1. The Bertz CT molecular complexity index is 1680. The summed E-state index contributed by atoms with van der Waals surface area (Å²) in [6, 6.07) is 16.3. The molecule has 1 spiro atoms. The highest BCUT2D eigenvalue weighted by Gasteiger charge is 2.64. The first-order valence-electron chi connectivity index (χ1n) is 14.6. The first-order chi connectivity index (χ1) is 21.5. The average Bonchev–Trinajstić information content (AvgIpc) is 3.78. The third kappa shape index (κ3) is 7.28. The van der Waals surface area contributed by atoms with Crippen molar-refractivity contribution >= 4 is 19.5 Å². The highest BCUT2D eigenvalue weighted by atomic mass is 31.2. The Balaban J connectivity index is 1.35. The van der Waals surface area contributed by atoms with Crippen molar-refractivity contribution in [2.75, 3.05) is 19.4 Å². The number of carbonyl (C=O) groups excluding carboxylic acids is 2. The van der Waals surface area contributed by atoms with Gasteiger partial charge in [-0.2, -0.15) is 0 Å². The molecule has 2 heterocycles. The van der Waals surface area contributed by atoms with Crippen molar-refractivity contribution in [2.45, 2.75) is 51.7 Å². The summed E-state index contributed by atoms with van der Waals surface area (Å²) in [7, 11) is -4.26. The fraction of sp³-hybridized carbons (Fsp3) is 0.419. The molecule has 1 aromatic heterocycles. The van der Waals surface area contributed by atoms with Crippen LogP contribution in [0.5, 0.6) is 5.75 Å². The van der Waals surface area contributed by atoms with Crippen molar-refractivity contribution in [1.82, 2.24) is 9.55 Å². The molecule has 240 valence electrons. The predicted molar refractivity (Wildman–Crippen MR) is 160 cm³/mol. The molecule has 2 fully saturated rings. The molecule has 1 saturated carbocycles. The summed E-state index contributed by atoms with van der Waals surface area (Å²) in [5.74, 6) is -2.37. The van der Waals surface area contributed by atoms with Gasteiger partial charge in [0.25, 0.3) is 5.56 Å². The van der Waals surface area contributed by atoms with Gasteiger partial charge in [-0.05, 0) is 37.5 Å². The number of aliphatic hydroxyl groups excluding tert-OH is 1. The number of rotatable bonds is 13. The fourth-order valence-electron chi connectivity index (χ4n) is 5.32. The second-order valence-electron chi connectivity index (χ2n) is 11.1. The second-order valence-corrected chi connectivity index (χ2v) is 13.1. The second kappa shape index (κ2) is 13.5. The van der Waals surface area contributed by atoms with Crippen molar-refractivity contribution in [2.24, 2.45) is 11.3 Å². The van der Waals surface area contributed by atoms with E-state index in [-0.39, 0.29) is 24.5 Å². The third-order valence-corrected chi connectivity index (χ3v) is 9.86. The van der Waals surface area contributed by atoms with Crippen molar-refractivity contribution in [3.8, 4) is 5.75 Å². The fourth-order valence-corrected chi connectivity index (χ4v) is 7.21. The normalized spacial score (nSPS) is 21.9. The Morgan fingerprint density at radius 2 is 1.80 bits per heavy atom. The van der Waals surface area contributed by atoms with E-state index in [4.69, 9.17) is 23.3 Å². The number of carbonyl (C=O) groups is 2. The number of hydrogen-bond donors (Lipinski definition) is 2. The number of aromatic amines is 1. The van der Waals surface area contributed by atoms with Crippen LogP contribution in [0.25, 0.3) is 0 Å². The van der Waals surface area contributed by atoms with E-state index in [9.17, 15) is 28.8 Å². The number of hydrogen-bond acceptors (Lipinski definition) is 11. The summed E-state index contributed by atoms with van der Waals surface area (Å²) in [6.45, 7) is 2.85. The van der Waals surface area contributed by atoms with Gasteiger partial charge in [0.05, 0.1) is 31.4 Å². The van der Waals surface area contributed by atoms with Crippen LogP contribution in [0.4, 0.5) is 0 Å². The van der Waals surface area contributed by atoms with Crippen molar-refractivity contribution in [3.05, 3.63) is 98.8 Å². The zero-order chi connectivity index (χ0) is 32.2. The van der Waals surface area contributed by atoms with Crippen LogP contribution in [0, 0.1) is 11.3 Å². The minimum absolute atomic E-state index is 0.00840. The zero-order valence-corrected chi connectivity index (χ0v) is 25.7. The number of H-pyrrole nitrogens is 1. The van der Waals surface area contributed by atoms with Crippen LogP contribution < -0.4 is 15.8 Å². The molecule has 1 aliphatic carbocycles. The van der Waals surface area contributed by atoms with E-state index in [2.05, 4.69) is 4.98 Å². The summed E-state index contributed by atoms with van der Waals surface area (Å²) >= 11 is 0. The van der Waals surface area contributed by atoms with Gasteiger partial charge >= 0.3 is 25.2 Å². The van der Waals surface area contributed by atoms with Crippen molar-refractivity contribution in [1.29, 1.82) is 0 Å². The van der Waals surface area contributed by atoms with Crippen molar-refractivity contribution < 1.29 is 42.5 Å².